The molecular weight excluding hydrogens is 496 g/mol. The third kappa shape index (κ3) is 4.28. The number of aromatic nitrogens is 1. The Hall–Kier alpha value is -3.92. The number of carboxylic acid groups (broad SMARTS) is 1. The van der Waals surface area contributed by atoms with Crippen molar-refractivity contribution >= 4 is 45.8 Å². The summed E-state index contributed by atoms with van der Waals surface area (Å²) in [4.78, 5) is 25.2. The van der Waals surface area contributed by atoms with Gasteiger partial charge in [-0.3, -0.25) is 4.79 Å². The predicted octanol–water partition coefficient (Wildman–Crippen LogP) is 4.73. The Morgan fingerprint density at radius 3 is 2.81 bits per heavy atom. The zero-order valence-corrected chi connectivity index (χ0v) is 19.5. The van der Waals surface area contributed by atoms with Crippen molar-refractivity contribution in [2.75, 3.05) is 12.3 Å². The molecule has 1 aliphatic heterocycles. The predicted molar refractivity (Wildman–Crippen MR) is 127 cm³/mol. The van der Waals surface area contributed by atoms with E-state index in [9.17, 15) is 19.1 Å². The summed E-state index contributed by atoms with van der Waals surface area (Å²) in [5.74, 6) is -4.06. The van der Waals surface area contributed by atoms with Gasteiger partial charge in [-0.25, -0.2) is 13.6 Å². The van der Waals surface area contributed by atoms with E-state index in [0.29, 0.717) is 34.9 Å². The first-order valence-corrected chi connectivity index (χ1v) is 11.6. The van der Waals surface area contributed by atoms with Gasteiger partial charge in [0.05, 0.1) is 16.3 Å². The second kappa shape index (κ2) is 9.27. The molecule has 3 aromatic rings. The van der Waals surface area contributed by atoms with Crippen molar-refractivity contribution in [1.29, 1.82) is 0 Å². The summed E-state index contributed by atoms with van der Waals surface area (Å²) in [5, 5.41) is 13.3. The lowest BCUT2D eigenvalue weighted by Crippen LogP contribution is -2.40. The van der Waals surface area contributed by atoms with Crippen LogP contribution >= 0.6 is 11.6 Å². The van der Waals surface area contributed by atoms with Crippen molar-refractivity contribution in [3.8, 4) is 5.75 Å². The number of fused-ring (bicyclic) bond motifs is 1. The minimum Gasteiger partial charge on any atom is -0.480 e. The molecule has 1 amide bonds. The van der Waals surface area contributed by atoms with Crippen LogP contribution in [0, 0.1) is 11.6 Å². The maximum absolute atomic E-state index is 15.0. The fourth-order valence-corrected chi connectivity index (χ4v) is 4.65. The third-order valence-corrected chi connectivity index (χ3v) is 6.53. The fraction of sp³-hybridized carbons (Fsp3) is 0.240. The molecule has 2 aromatic carbocycles. The van der Waals surface area contributed by atoms with Crippen molar-refractivity contribution in [1.82, 2.24) is 10.1 Å². The Labute approximate surface area is 208 Å². The van der Waals surface area contributed by atoms with E-state index in [-0.39, 0.29) is 29.9 Å². The maximum Gasteiger partial charge on any atom is 0.326 e. The number of aliphatic carboxylic acids is 1. The molecule has 36 heavy (non-hydrogen) atoms. The number of nitrogens with zero attached hydrogens (tertiary/aromatic N) is 2. The number of carboxylic acids is 1. The number of nitrogens with two attached hydrogens (primary N) is 1. The number of allylic oxidation sites excluding steroid dienone is 3. The normalized spacial score (nSPS) is 19.8. The quantitative estimate of drug-likeness (QED) is 0.471. The molecule has 0 radical (unpaired) electrons. The average molecular weight is 516 g/mol. The van der Waals surface area contributed by atoms with Crippen LogP contribution < -0.4 is 10.5 Å². The molecule has 0 bridgehead atoms. The molecule has 1 fully saturated rings. The Bertz CT molecular complexity index is 1450. The smallest absolute Gasteiger partial charge is 0.326 e. The van der Waals surface area contributed by atoms with Crippen molar-refractivity contribution in [2.45, 2.75) is 30.7 Å². The molecule has 1 saturated heterocycles. The Morgan fingerprint density at radius 1 is 1.22 bits per heavy atom. The molecular formula is C25H20ClF2N3O5. The minimum atomic E-state index is -1.19. The number of ether oxygens (including phenoxy) is 1. The Balaban J connectivity index is 1.44. The highest BCUT2D eigenvalue weighted by atomic mass is 35.5. The first-order valence-electron chi connectivity index (χ1n) is 11.2. The van der Waals surface area contributed by atoms with E-state index >= 15 is 4.39 Å². The van der Waals surface area contributed by atoms with Crippen molar-refractivity contribution in [3.63, 3.8) is 0 Å². The van der Waals surface area contributed by atoms with Crippen LogP contribution in [-0.4, -0.2) is 45.0 Å². The van der Waals surface area contributed by atoms with Crippen LogP contribution in [0.15, 0.2) is 52.8 Å². The van der Waals surface area contributed by atoms with Gasteiger partial charge in [0.2, 0.25) is 0 Å². The molecule has 0 saturated carbocycles. The molecule has 3 N–H and O–H groups in total. The lowest BCUT2D eigenvalue weighted by molar-refractivity contribution is -0.141. The molecule has 11 heteroatoms. The highest BCUT2D eigenvalue weighted by molar-refractivity contribution is 6.22. The summed E-state index contributed by atoms with van der Waals surface area (Å²) in [7, 11) is 0. The monoisotopic (exact) mass is 515 g/mol. The standard InChI is InChI=1S/C25H20ClF2N3O5/c26-13-4-6-20(14(9-13)12-3-5-21-16(8-12)23(29)30-36-21)35-22-11-17(27)15(10-18(22)28)24(32)31-7-1-2-19(31)25(33)34/h3,5-6,8-11,13,19H,1-2,4,7H2,(H2,29,30)(H,33,34)/t13?,19-/m0/s1. The maximum atomic E-state index is 15.0. The van der Waals surface area contributed by atoms with Crippen molar-refractivity contribution in [2.24, 2.45) is 0 Å². The summed E-state index contributed by atoms with van der Waals surface area (Å²) in [6.45, 7) is 0.150. The second-order valence-electron chi connectivity index (χ2n) is 8.54. The molecule has 186 valence electrons. The van der Waals surface area contributed by atoms with Crippen molar-refractivity contribution < 1.29 is 32.7 Å². The highest BCUT2D eigenvalue weighted by Crippen LogP contribution is 2.36. The zero-order valence-electron chi connectivity index (χ0n) is 18.7. The van der Waals surface area contributed by atoms with E-state index in [1.165, 1.54) is 0 Å². The number of likely N-dealkylation sites (tertiary alicyclic amines) is 1. The number of rotatable bonds is 5. The number of hydrogen-bond acceptors (Lipinski definition) is 6. The summed E-state index contributed by atoms with van der Waals surface area (Å²) in [6.07, 6.45) is 4.50. The van der Waals surface area contributed by atoms with Gasteiger partial charge in [-0.2, -0.15) is 0 Å². The minimum absolute atomic E-state index is 0.150. The molecule has 2 atom stereocenters. The lowest BCUT2D eigenvalue weighted by atomic mass is 9.96. The second-order valence-corrected chi connectivity index (χ2v) is 9.10. The largest absolute Gasteiger partial charge is 0.480 e. The van der Waals surface area contributed by atoms with E-state index < -0.39 is 40.9 Å². The Kier molecular flexibility index (Phi) is 6.13. The number of halogens is 3. The number of alkyl halides is 1. The number of hydrogen-bond donors (Lipinski definition) is 2. The summed E-state index contributed by atoms with van der Waals surface area (Å²) in [5.41, 5.74) is 6.96. The van der Waals surface area contributed by atoms with Gasteiger partial charge in [0.15, 0.2) is 23.0 Å². The van der Waals surface area contributed by atoms with Crippen LogP contribution in [0.1, 0.15) is 35.2 Å². The lowest BCUT2D eigenvalue weighted by Gasteiger charge is -2.22. The van der Waals surface area contributed by atoms with Gasteiger partial charge in [0.25, 0.3) is 5.91 Å². The van der Waals surface area contributed by atoms with Gasteiger partial charge >= 0.3 is 5.97 Å². The highest BCUT2D eigenvalue weighted by Gasteiger charge is 2.36. The van der Waals surface area contributed by atoms with Crippen LogP contribution in [0.5, 0.6) is 5.75 Å². The number of amides is 1. The zero-order chi connectivity index (χ0) is 25.6. The van der Waals surface area contributed by atoms with E-state index in [1.54, 1.807) is 30.4 Å². The van der Waals surface area contributed by atoms with Gasteiger partial charge in [-0.1, -0.05) is 17.3 Å². The van der Waals surface area contributed by atoms with Crippen LogP contribution in [0.4, 0.5) is 14.6 Å². The first-order chi connectivity index (χ1) is 17.2. The number of carbonyl (C=O) groups excluding carboxylic acids is 1. The van der Waals surface area contributed by atoms with E-state index in [1.807, 2.05) is 0 Å². The summed E-state index contributed by atoms with van der Waals surface area (Å²) >= 11 is 6.32. The van der Waals surface area contributed by atoms with E-state index in [0.717, 1.165) is 17.0 Å². The molecule has 5 rings (SSSR count). The average Bonchev–Trinajstić information content (AvgIpc) is 3.49. The molecule has 1 unspecified atom stereocenters. The van der Waals surface area contributed by atoms with Gasteiger partial charge < -0.3 is 25.0 Å². The molecule has 2 heterocycles. The van der Waals surface area contributed by atoms with E-state index in [4.69, 9.17) is 26.6 Å². The summed E-state index contributed by atoms with van der Waals surface area (Å²) in [6, 6.07) is 5.57. The summed E-state index contributed by atoms with van der Waals surface area (Å²) < 4.78 is 40.9. The van der Waals surface area contributed by atoms with Crippen molar-refractivity contribution in [3.05, 3.63) is 71.0 Å². The van der Waals surface area contributed by atoms with Crippen LogP contribution in [0.25, 0.3) is 16.5 Å². The topological polar surface area (TPSA) is 119 Å². The van der Waals surface area contributed by atoms with Gasteiger partial charge in [0, 0.05) is 18.2 Å². The van der Waals surface area contributed by atoms with Crippen LogP contribution in [0.3, 0.4) is 0 Å². The SMILES string of the molecule is Nc1noc2ccc(C3=CC(Cl)CC=C3Oc3cc(F)c(C(=O)N4CCC[C@H]4C(=O)O)cc3F)cc12. The fourth-order valence-electron chi connectivity index (χ4n) is 4.43. The van der Waals surface area contributed by atoms with Gasteiger partial charge in [0.1, 0.15) is 17.6 Å². The molecule has 1 aromatic heterocycles. The molecule has 8 nitrogen and oxygen atoms in total. The van der Waals surface area contributed by atoms with Gasteiger partial charge in [-0.05, 0) is 49.1 Å². The van der Waals surface area contributed by atoms with Gasteiger partial charge in [-0.15, -0.1) is 11.6 Å². The molecule has 1 aliphatic carbocycles. The number of carbonyl (C=O) groups is 2. The number of benzene rings is 2. The first kappa shape index (κ1) is 23.8. The molecule has 0 spiro atoms. The van der Waals surface area contributed by atoms with Crippen LogP contribution in [-0.2, 0) is 4.79 Å². The van der Waals surface area contributed by atoms with E-state index in [2.05, 4.69) is 5.16 Å². The number of nitrogen functional groups attached to an aromatic ring is 1. The number of anilines is 1. The van der Waals surface area contributed by atoms with Crippen LogP contribution in [0.2, 0.25) is 0 Å². The Morgan fingerprint density at radius 2 is 2.03 bits per heavy atom. The molecule has 2 aliphatic rings. The third-order valence-electron chi connectivity index (χ3n) is 6.22.